The molecule has 3 rings (SSSR count). The van der Waals surface area contributed by atoms with Gasteiger partial charge in [-0.25, -0.2) is 0 Å². The summed E-state index contributed by atoms with van der Waals surface area (Å²) < 4.78 is 0. The molecule has 1 saturated heterocycles. The van der Waals surface area contributed by atoms with Crippen molar-refractivity contribution in [3.05, 3.63) is 0 Å². The molecule has 2 atom stereocenters. The second-order valence-electron chi connectivity index (χ2n) is 6.91. The van der Waals surface area contributed by atoms with E-state index in [0.29, 0.717) is 18.2 Å². The van der Waals surface area contributed by atoms with Crippen LogP contribution in [-0.2, 0) is 4.79 Å². The molecule has 2 unspecified atom stereocenters. The van der Waals surface area contributed by atoms with Gasteiger partial charge < -0.3 is 10.6 Å². The summed E-state index contributed by atoms with van der Waals surface area (Å²) in [5.74, 6) is 0.779. The monoisotopic (exact) mass is 279 g/mol. The fourth-order valence-corrected chi connectivity index (χ4v) is 3.93. The topological polar surface area (TPSA) is 49.6 Å². The van der Waals surface area contributed by atoms with Crippen LogP contribution in [0.5, 0.6) is 0 Å². The quantitative estimate of drug-likeness (QED) is 0.853. The zero-order chi connectivity index (χ0) is 13.9. The summed E-state index contributed by atoms with van der Waals surface area (Å²) >= 11 is 0. The minimum absolute atomic E-state index is 0.254. The first kappa shape index (κ1) is 14.3. The maximum absolute atomic E-state index is 12.4. The number of carbonyl (C=O) groups is 1. The highest BCUT2D eigenvalue weighted by molar-refractivity contribution is 5.76. The van der Waals surface area contributed by atoms with Gasteiger partial charge in [-0.2, -0.15) is 0 Å². The summed E-state index contributed by atoms with van der Waals surface area (Å²) in [7, 11) is 0. The maximum Gasteiger partial charge on any atom is 0.222 e. The molecule has 0 spiro atoms. The van der Waals surface area contributed by atoms with E-state index in [9.17, 15) is 4.79 Å². The first-order valence-corrected chi connectivity index (χ1v) is 8.51. The molecule has 2 aliphatic carbocycles. The molecule has 1 heterocycles. The smallest absolute Gasteiger partial charge is 0.222 e. The molecule has 0 aromatic rings. The Morgan fingerprint density at radius 2 is 1.65 bits per heavy atom. The number of piperazine rings is 1. The van der Waals surface area contributed by atoms with E-state index in [0.717, 1.165) is 45.1 Å². The second-order valence-corrected chi connectivity index (χ2v) is 6.91. The number of nitrogens with zero attached hydrogens (tertiary/aromatic N) is 2. The fraction of sp³-hybridized carbons (Fsp3) is 0.938. The number of hydrogen-bond donors (Lipinski definition) is 1. The van der Waals surface area contributed by atoms with E-state index < -0.39 is 0 Å². The third kappa shape index (κ3) is 3.17. The number of amides is 1. The number of carbonyl (C=O) groups excluding carboxylic acids is 1. The first-order chi connectivity index (χ1) is 9.74. The van der Waals surface area contributed by atoms with Crippen LogP contribution in [0.15, 0.2) is 0 Å². The van der Waals surface area contributed by atoms with Gasteiger partial charge in [0.15, 0.2) is 0 Å². The lowest BCUT2D eigenvalue weighted by Crippen LogP contribution is -2.54. The Labute approximate surface area is 122 Å². The lowest BCUT2D eigenvalue weighted by Gasteiger charge is -2.43. The van der Waals surface area contributed by atoms with Crippen LogP contribution < -0.4 is 5.73 Å². The summed E-state index contributed by atoms with van der Waals surface area (Å²) in [4.78, 5) is 17.1. The average molecular weight is 279 g/mol. The van der Waals surface area contributed by atoms with Gasteiger partial charge in [-0.1, -0.05) is 19.3 Å². The standard InChI is InChI=1S/C16H29N3O/c17-15-7-2-1-4-13(15)12-16(20)19-10-8-18(9-11-19)14-5-3-6-14/h13-15H,1-12,17H2. The van der Waals surface area contributed by atoms with Gasteiger partial charge in [-0.05, 0) is 31.6 Å². The molecule has 2 N–H and O–H groups in total. The Balaban J connectivity index is 1.43. The molecule has 0 aromatic heterocycles. The Bertz CT molecular complexity index is 335. The molecule has 0 radical (unpaired) electrons. The number of nitrogens with two attached hydrogens (primary N) is 1. The Morgan fingerprint density at radius 1 is 0.950 bits per heavy atom. The van der Waals surface area contributed by atoms with Crippen molar-refractivity contribution in [3.8, 4) is 0 Å². The van der Waals surface area contributed by atoms with E-state index in [1.54, 1.807) is 0 Å². The Hall–Kier alpha value is -0.610. The Kier molecular flexibility index (Phi) is 4.61. The van der Waals surface area contributed by atoms with Gasteiger partial charge >= 0.3 is 0 Å². The normalized spacial score (nSPS) is 33.0. The van der Waals surface area contributed by atoms with Gasteiger partial charge in [0.25, 0.3) is 0 Å². The van der Waals surface area contributed by atoms with Crippen LogP contribution in [-0.4, -0.2) is 54.0 Å². The molecule has 0 aromatic carbocycles. The van der Waals surface area contributed by atoms with Crippen molar-refractivity contribution in [1.82, 2.24) is 9.80 Å². The molecule has 1 amide bonds. The van der Waals surface area contributed by atoms with Gasteiger partial charge in [0.05, 0.1) is 0 Å². The van der Waals surface area contributed by atoms with Crippen molar-refractivity contribution in [2.45, 2.75) is 63.5 Å². The van der Waals surface area contributed by atoms with E-state index in [4.69, 9.17) is 5.73 Å². The minimum atomic E-state index is 0.254. The lowest BCUT2D eigenvalue weighted by molar-refractivity contribution is -0.135. The molecule has 3 fully saturated rings. The van der Waals surface area contributed by atoms with Gasteiger partial charge in [0.1, 0.15) is 0 Å². The Morgan fingerprint density at radius 3 is 2.25 bits per heavy atom. The van der Waals surface area contributed by atoms with Gasteiger partial charge in [-0.15, -0.1) is 0 Å². The molecule has 2 saturated carbocycles. The molecule has 20 heavy (non-hydrogen) atoms. The van der Waals surface area contributed by atoms with Crippen LogP contribution in [0, 0.1) is 5.92 Å². The summed E-state index contributed by atoms with van der Waals surface area (Å²) in [6, 6.07) is 1.07. The van der Waals surface area contributed by atoms with Crippen molar-refractivity contribution in [3.63, 3.8) is 0 Å². The van der Waals surface area contributed by atoms with E-state index in [-0.39, 0.29) is 6.04 Å². The van der Waals surface area contributed by atoms with Crippen molar-refractivity contribution in [2.24, 2.45) is 11.7 Å². The van der Waals surface area contributed by atoms with E-state index in [1.807, 2.05) is 0 Å². The lowest BCUT2D eigenvalue weighted by atomic mass is 9.82. The van der Waals surface area contributed by atoms with E-state index >= 15 is 0 Å². The van der Waals surface area contributed by atoms with Crippen molar-refractivity contribution < 1.29 is 4.79 Å². The predicted octanol–water partition coefficient (Wildman–Crippen LogP) is 1.59. The summed E-state index contributed by atoms with van der Waals surface area (Å²) in [5, 5.41) is 0. The van der Waals surface area contributed by atoms with Crippen molar-refractivity contribution >= 4 is 5.91 Å². The molecule has 114 valence electrons. The first-order valence-electron chi connectivity index (χ1n) is 8.51. The van der Waals surface area contributed by atoms with Gasteiger partial charge in [0, 0.05) is 44.7 Å². The van der Waals surface area contributed by atoms with Crippen LogP contribution in [0.1, 0.15) is 51.4 Å². The van der Waals surface area contributed by atoms with Crippen LogP contribution in [0.4, 0.5) is 0 Å². The van der Waals surface area contributed by atoms with Crippen molar-refractivity contribution in [2.75, 3.05) is 26.2 Å². The van der Waals surface area contributed by atoms with Crippen LogP contribution in [0.25, 0.3) is 0 Å². The highest BCUT2D eigenvalue weighted by atomic mass is 16.2. The highest BCUT2D eigenvalue weighted by Crippen LogP contribution is 2.28. The molecular weight excluding hydrogens is 250 g/mol. The predicted molar refractivity (Wildman–Crippen MR) is 80.3 cm³/mol. The van der Waals surface area contributed by atoms with Crippen molar-refractivity contribution in [1.29, 1.82) is 0 Å². The van der Waals surface area contributed by atoms with Gasteiger partial charge in [-0.3, -0.25) is 9.69 Å². The van der Waals surface area contributed by atoms with E-state index in [2.05, 4.69) is 9.80 Å². The molecule has 4 nitrogen and oxygen atoms in total. The maximum atomic E-state index is 12.4. The van der Waals surface area contributed by atoms with E-state index in [1.165, 1.54) is 32.1 Å². The molecule has 4 heteroatoms. The molecule has 3 aliphatic rings. The van der Waals surface area contributed by atoms with Crippen LogP contribution in [0.2, 0.25) is 0 Å². The second kappa shape index (κ2) is 6.44. The minimum Gasteiger partial charge on any atom is -0.340 e. The van der Waals surface area contributed by atoms with Crippen LogP contribution in [0.3, 0.4) is 0 Å². The molecule has 0 bridgehead atoms. The average Bonchev–Trinajstić information content (AvgIpc) is 2.40. The summed E-state index contributed by atoms with van der Waals surface area (Å²) in [5.41, 5.74) is 6.17. The summed E-state index contributed by atoms with van der Waals surface area (Å²) in [6.07, 6.45) is 9.55. The van der Waals surface area contributed by atoms with Gasteiger partial charge in [0.2, 0.25) is 5.91 Å². The fourth-order valence-electron chi connectivity index (χ4n) is 3.93. The third-order valence-corrected chi connectivity index (χ3v) is 5.66. The molecular formula is C16H29N3O. The molecule has 1 aliphatic heterocycles. The van der Waals surface area contributed by atoms with Crippen LogP contribution >= 0.6 is 0 Å². The highest BCUT2D eigenvalue weighted by Gasteiger charge is 2.31. The zero-order valence-corrected chi connectivity index (χ0v) is 12.6. The summed E-state index contributed by atoms with van der Waals surface area (Å²) in [6.45, 7) is 4.01. The number of hydrogen-bond acceptors (Lipinski definition) is 3. The number of rotatable bonds is 3. The SMILES string of the molecule is NC1CCCCC1CC(=O)N1CCN(C2CCC2)CC1. The largest absolute Gasteiger partial charge is 0.340 e. The third-order valence-electron chi connectivity index (χ3n) is 5.66. The zero-order valence-electron chi connectivity index (χ0n) is 12.6.